The van der Waals surface area contributed by atoms with E-state index in [2.05, 4.69) is 24.1 Å². The van der Waals surface area contributed by atoms with Gasteiger partial charge in [-0.25, -0.2) is 4.98 Å². The highest BCUT2D eigenvalue weighted by molar-refractivity contribution is 7.12. The van der Waals surface area contributed by atoms with Crippen LogP contribution in [0.15, 0.2) is 0 Å². The van der Waals surface area contributed by atoms with Crippen molar-refractivity contribution in [3.63, 3.8) is 0 Å². The Balaban J connectivity index is 2.21. The van der Waals surface area contributed by atoms with Crippen molar-refractivity contribution in [3.8, 4) is 0 Å². The quantitative estimate of drug-likeness (QED) is 0.777. The van der Waals surface area contributed by atoms with Gasteiger partial charge in [-0.1, -0.05) is 13.8 Å². The Morgan fingerprint density at radius 1 is 1.60 bits per heavy atom. The molecule has 1 saturated carbocycles. The molecule has 1 heterocycles. The minimum atomic E-state index is 0.391. The van der Waals surface area contributed by atoms with Crippen LogP contribution >= 0.6 is 11.3 Å². The van der Waals surface area contributed by atoms with Gasteiger partial charge in [-0.3, -0.25) is 4.79 Å². The zero-order chi connectivity index (χ0) is 10.9. The summed E-state index contributed by atoms with van der Waals surface area (Å²) >= 11 is 1.76. The van der Waals surface area contributed by atoms with Gasteiger partial charge < -0.3 is 5.32 Å². The molecule has 0 saturated heterocycles. The number of hydrogen-bond donors (Lipinski definition) is 1. The predicted molar refractivity (Wildman–Crippen MR) is 61.0 cm³/mol. The molecule has 0 spiro atoms. The minimum Gasteiger partial charge on any atom is -0.352 e. The summed E-state index contributed by atoms with van der Waals surface area (Å²) in [7, 11) is 0. The van der Waals surface area contributed by atoms with Crippen molar-refractivity contribution in [2.45, 2.75) is 45.1 Å². The van der Waals surface area contributed by atoms with Crippen LogP contribution in [0.4, 0.5) is 0 Å². The zero-order valence-electron chi connectivity index (χ0n) is 9.17. The Labute approximate surface area is 93.9 Å². The van der Waals surface area contributed by atoms with Crippen molar-refractivity contribution in [2.75, 3.05) is 0 Å². The molecule has 1 aromatic rings. The third-order valence-corrected chi connectivity index (χ3v) is 4.37. The highest BCUT2D eigenvalue weighted by Crippen LogP contribution is 2.51. The fourth-order valence-electron chi connectivity index (χ4n) is 1.73. The summed E-state index contributed by atoms with van der Waals surface area (Å²) in [6, 6.07) is 0. The van der Waals surface area contributed by atoms with Crippen LogP contribution in [0.5, 0.6) is 0 Å². The number of nitrogens with one attached hydrogen (secondary N) is 1. The molecule has 4 heteroatoms. The summed E-state index contributed by atoms with van der Waals surface area (Å²) < 4.78 is 0. The van der Waals surface area contributed by atoms with Crippen LogP contribution in [0.2, 0.25) is 0 Å². The summed E-state index contributed by atoms with van der Waals surface area (Å²) in [5, 5.41) is 3.70. The molecule has 1 aromatic heterocycles. The monoisotopic (exact) mass is 224 g/mol. The van der Waals surface area contributed by atoms with Crippen molar-refractivity contribution in [2.24, 2.45) is 0 Å². The molecule has 1 fully saturated rings. The van der Waals surface area contributed by atoms with E-state index in [4.69, 9.17) is 0 Å². The molecular formula is C11H16N2OS. The molecule has 15 heavy (non-hydrogen) atoms. The lowest BCUT2D eigenvalue weighted by atomic mass is 10.1. The second kappa shape index (κ2) is 3.93. The van der Waals surface area contributed by atoms with Gasteiger partial charge in [0.25, 0.3) is 0 Å². The van der Waals surface area contributed by atoms with Crippen LogP contribution in [-0.2, 0) is 23.2 Å². The fraction of sp³-hybridized carbons (Fsp3) is 0.636. The molecule has 0 radical (unpaired) electrons. The van der Waals surface area contributed by atoms with Crippen LogP contribution in [0, 0.1) is 0 Å². The van der Waals surface area contributed by atoms with E-state index in [1.807, 2.05) is 0 Å². The molecule has 1 N–H and O–H groups in total. The first-order valence-electron chi connectivity index (χ1n) is 5.35. The summed E-state index contributed by atoms with van der Waals surface area (Å²) in [5.41, 5.74) is 1.62. The Bertz CT molecular complexity index is 369. The number of aryl methyl sites for hydroxylation is 1. The number of rotatable bonds is 5. The second-order valence-electron chi connectivity index (χ2n) is 4.30. The lowest BCUT2D eigenvalue weighted by Crippen LogP contribution is -2.09. The number of carbonyl (C=O) groups excluding carboxylic acids is 1. The molecule has 0 atom stereocenters. The third kappa shape index (κ3) is 2.04. The minimum absolute atomic E-state index is 0.391. The highest BCUT2D eigenvalue weighted by atomic mass is 32.1. The van der Waals surface area contributed by atoms with Crippen LogP contribution in [0.3, 0.4) is 0 Å². The van der Waals surface area contributed by atoms with Crippen molar-refractivity contribution >= 4 is 17.7 Å². The number of aromatic nitrogens is 1. The number of amides is 1. The van der Waals surface area contributed by atoms with Gasteiger partial charge >= 0.3 is 0 Å². The number of thiazole rings is 1. The normalized spacial score (nSPS) is 17.5. The van der Waals surface area contributed by atoms with Gasteiger partial charge in [0.2, 0.25) is 6.41 Å². The molecule has 0 aliphatic heterocycles. The second-order valence-corrected chi connectivity index (χ2v) is 5.38. The van der Waals surface area contributed by atoms with E-state index in [-0.39, 0.29) is 0 Å². The van der Waals surface area contributed by atoms with Crippen LogP contribution in [0.1, 0.15) is 42.3 Å². The molecule has 0 aromatic carbocycles. The molecule has 2 rings (SSSR count). The first-order chi connectivity index (χ1) is 7.19. The largest absolute Gasteiger partial charge is 0.352 e. The predicted octanol–water partition coefficient (Wildman–Crippen LogP) is 2.00. The van der Waals surface area contributed by atoms with Crippen molar-refractivity contribution in [1.82, 2.24) is 10.3 Å². The van der Waals surface area contributed by atoms with Gasteiger partial charge in [0, 0.05) is 10.3 Å². The van der Waals surface area contributed by atoms with Gasteiger partial charge in [-0.05, 0) is 19.3 Å². The average Bonchev–Trinajstić information content (AvgIpc) is 2.83. The molecular weight excluding hydrogens is 208 g/mol. The molecule has 82 valence electrons. The van der Waals surface area contributed by atoms with Gasteiger partial charge in [0.1, 0.15) is 5.01 Å². The van der Waals surface area contributed by atoms with E-state index < -0.39 is 0 Å². The van der Waals surface area contributed by atoms with E-state index in [1.54, 1.807) is 11.3 Å². The lowest BCUT2D eigenvalue weighted by Gasteiger charge is -2.05. The smallest absolute Gasteiger partial charge is 0.207 e. The van der Waals surface area contributed by atoms with E-state index in [0.29, 0.717) is 12.0 Å². The average molecular weight is 224 g/mol. The van der Waals surface area contributed by atoms with Gasteiger partial charge in [-0.15, -0.1) is 11.3 Å². The molecule has 1 aliphatic carbocycles. The molecule has 0 bridgehead atoms. The van der Waals surface area contributed by atoms with E-state index >= 15 is 0 Å². The Kier molecular flexibility index (Phi) is 2.78. The Hall–Kier alpha value is -0.900. The third-order valence-electron chi connectivity index (χ3n) is 2.96. The number of nitrogens with zero attached hydrogens (tertiary/aromatic N) is 1. The van der Waals surface area contributed by atoms with E-state index in [9.17, 15) is 4.79 Å². The van der Waals surface area contributed by atoms with Gasteiger partial charge in [0.15, 0.2) is 0 Å². The number of carbonyl (C=O) groups is 1. The van der Waals surface area contributed by atoms with E-state index in [0.717, 1.165) is 17.8 Å². The van der Waals surface area contributed by atoms with E-state index in [1.165, 1.54) is 23.4 Å². The number of hydrogen-bond acceptors (Lipinski definition) is 3. The lowest BCUT2D eigenvalue weighted by molar-refractivity contribution is -0.109. The molecule has 3 nitrogen and oxygen atoms in total. The fourth-order valence-corrected chi connectivity index (χ4v) is 3.04. The van der Waals surface area contributed by atoms with Crippen molar-refractivity contribution < 1.29 is 4.79 Å². The molecule has 0 unspecified atom stereocenters. The summed E-state index contributed by atoms with van der Waals surface area (Å²) in [4.78, 5) is 16.2. The molecule has 1 amide bonds. The highest BCUT2D eigenvalue weighted by Gasteiger charge is 2.42. The van der Waals surface area contributed by atoms with Crippen LogP contribution < -0.4 is 5.32 Å². The zero-order valence-corrected chi connectivity index (χ0v) is 9.99. The summed E-state index contributed by atoms with van der Waals surface area (Å²) in [5.74, 6) is 0. The summed E-state index contributed by atoms with van der Waals surface area (Å²) in [6.07, 6.45) is 4.28. The maximum absolute atomic E-state index is 10.2. The SMILES string of the molecule is CCc1nc(CNC=O)sc1C1(C)CC1. The first kappa shape index (κ1) is 10.6. The van der Waals surface area contributed by atoms with Crippen LogP contribution in [-0.4, -0.2) is 11.4 Å². The summed E-state index contributed by atoms with van der Waals surface area (Å²) in [6.45, 7) is 5.01. The van der Waals surface area contributed by atoms with Crippen LogP contribution in [0.25, 0.3) is 0 Å². The molecule has 1 aliphatic rings. The first-order valence-corrected chi connectivity index (χ1v) is 6.17. The maximum atomic E-state index is 10.2. The van der Waals surface area contributed by atoms with Gasteiger partial charge in [-0.2, -0.15) is 0 Å². The van der Waals surface area contributed by atoms with Gasteiger partial charge in [0.05, 0.1) is 12.2 Å². The topological polar surface area (TPSA) is 42.0 Å². The Morgan fingerprint density at radius 3 is 2.87 bits per heavy atom. The Morgan fingerprint density at radius 2 is 2.33 bits per heavy atom. The van der Waals surface area contributed by atoms with Crippen molar-refractivity contribution in [3.05, 3.63) is 15.6 Å². The standard InChI is InChI=1S/C11H16N2OS/c1-3-8-10(11(2)4-5-11)15-9(13-8)6-12-7-14/h7H,3-6H2,1-2H3,(H,12,14). The maximum Gasteiger partial charge on any atom is 0.207 e. The van der Waals surface area contributed by atoms with Crippen molar-refractivity contribution in [1.29, 1.82) is 0 Å².